The van der Waals surface area contributed by atoms with Crippen molar-refractivity contribution in [2.75, 3.05) is 0 Å². The van der Waals surface area contributed by atoms with Gasteiger partial charge in [0, 0.05) is 5.56 Å². The van der Waals surface area contributed by atoms with E-state index in [2.05, 4.69) is 6.92 Å². The first-order valence-corrected chi connectivity index (χ1v) is 9.89. The lowest BCUT2D eigenvalue weighted by atomic mass is 10.00. The van der Waals surface area contributed by atoms with Gasteiger partial charge in [-0.05, 0) is 70.5 Å². The van der Waals surface area contributed by atoms with Crippen LogP contribution in [0.5, 0.6) is 0 Å². The van der Waals surface area contributed by atoms with Gasteiger partial charge in [0.25, 0.3) is 0 Å². The number of fused-ring (bicyclic) bond motifs is 1. The zero-order chi connectivity index (χ0) is 21.3. The predicted octanol–water partition coefficient (Wildman–Crippen LogP) is 7.46. The molecule has 0 nitrogen and oxygen atoms in total. The van der Waals surface area contributed by atoms with Crippen LogP contribution in [0.4, 0.5) is 17.6 Å². The standard InChI is InChI=1S/C26H20F4/c1-2-3-16-4-6-17(7-5-16)8-9-18-10-24(29)26(25(30)11-18)21-12-19-14-22(27)23(28)15-20(19)13-21/h4-12,14-15H,2-3,13H2,1H3. The fraction of sp³-hybridized carbons (Fsp3) is 0.154. The minimum absolute atomic E-state index is 0.152. The fourth-order valence-electron chi connectivity index (χ4n) is 3.77. The molecular formula is C26H20F4. The first kappa shape index (κ1) is 20.1. The number of aryl methyl sites for hydroxylation is 1. The van der Waals surface area contributed by atoms with Crippen LogP contribution in [0, 0.1) is 23.3 Å². The van der Waals surface area contributed by atoms with Crippen LogP contribution in [-0.2, 0) is 12.8 Å². The van der Waals surface area contributed by atoms with Gasteiger partial charge in [-0.2, -0.15) is 0 Å². The summed E-state index contributed by atoms with van der Waals surface area (Å²) in [6, 6.07) is 12.7. The Morgan fingerprint density at radius 1 is 0.767 bits per heavy atom. The van der Waals surface area contributed by atoms with E-state index in [0.717, 1.165) is 30.5 Å². The quantitative estimate of drug-likeness (QED) is 0.304. The third-order valence-electron chi connectivity index (χ3n) is 5.26. The summed E-state index contributed by atoms with van der Waals surface area (Å²) in [5.41, 5.74) is 3.76. The lowest BCUT2D eigenvalue weighted by Gasteiger charge is -2.08. The summed E-state index contributed by atoms with van der Waals surface area (Å²) in [6.45, 7) is 2.12. The van der Waals surface area contributed by atoms with Crippen LogP contribution < -0.4 is 0 Å². The fourth-order valence-corrected chi connectivity index (χ4v) is 3.77. The van der Waals surface area contributed by atoms with Gasteiger partial charge in [0.1, 0.15) is 11.6 Å². The van der Waals surface area contributed by atoms with Gasteiger partial charge in [0.05, 0.1) is 0 Å². The van der Waals surface area contributed by atoms with Crippen molar-refractivity contribution in [2.24, 2.45) is 0 Å². The summed E-state index contributed by atoms with van der Waals surface area (Å²) in [6.07, 6.45) is 7.21. The number of hydrogen-bond acceptors (Lipinski definition) is 0. The maximum Gasteiger partial charge on any atom is 0.159 e. The van der Waals surface area contributed by atoms with Gasteiger partial charge < -0.3 is 0 Å². The van der Waals surface area contributed by atoms with Gasteiger partial charge in [-0.3, -0.25) is 0 Å². The molecule has 1 aliphatic carbocycles. The van der Waals surface area contributed by atoms with E-state index >= 15 is 0 Å². The number of benzene rings is 3. The molecule has 0 radical (unpaired) electrons. The SMILES string of the molecule is CCCc1ccc(C=Cc2cc(F)c(C3=Cc4cc(F)c(F)cc4C3)c(F)c2)cc1. The van der Waals surface area contributed by atoms with Crippen molar-refractivity contribution in [2.45, 2.75) is 26.2 Å². The average Bonchev–Trinajstić information content (AvgIpc) is 3.09. The maximum atomic E-state index is 14.7. The predicted molar refractivity (Wildman–Crippen MR) is 114 cm³/mol. The molecule has 0 spiro atoms. The van der Waals surface area contributed by atoms with Crippen molar-refractivity contribution in [3.05, 3.63) is 105 Å². The van der Waals surface area contributed by atoms with Crippen molar-refractivity contribution in [3.8, 4) is 0 Å². The van der Waals surface area contributed by atoms with Crippen LogP contribution in [0.25, 0.3) is 23.8 Å². The number of halogens is 4. The summed E-state index contributed by atoms with van der Waals surface area (Å²) in [5.74, 6) is -3.34. The third-order valence-corrected chi connectivity index (χ3v) is 5.26. The van der Waals surface area contributed by atoms with Gasteiger partial charge in [-0.25, -0.2) is 17.6 Å². The topological polar surface area (TPSA) is 0 Å². The summed E-state index contributed by atoms with van der Waals surface area (Å²) in [7, 11) is 0. The Morgan fingerprint density at radius 2 is 1.40 bits per heavy atom. The van der Waals surface area contributed by atoms with Crippen molar-refractivity contribution < 1.29 is 17.6 Å². The van der Waals surface area contributed by atoms with E-state index in [1.807, 2.05) is 24.3 Å². The first-order valence-electron chi connectivity index (χ1n) is 9.89. The normalized spacial score (nSPS) is 13.0. The molecule has 3 aromatic rings. The maximum absolute atomic E-state index is 14.7. The van der Waals surface area contributed by atoms with Crippen LogP contribution in [0.15, 0.2) is 48.5 Å². The molecule has 3 aromatic carbocycles. The largest absolute Gasteiger partial charge is 0.206 e. The molecule has 0 saturated carbocycles. The Hall–Kier alpha value is -3.14. The average molecular weight is 408 g/mol. The van der Waals surface area contributed by atoms with Crippen LogP contribution in [-0.4, -0.2) is 0 Å². The van der Waals surface area contributed by atoms with E-state index in [1.165, 1.54) is 23.8 Å². The smallest absolute Gasteiger partial charge is 0.159 e. The van der Waals surface area contributed by atoms with E-state index in [9.17, 15) is 17.6 Å². The van der Waals surface area contributed by atoms with Gasteiger partial charge in [-0.15, -0.1) is 0 Å². The molecule has 0 N–H and O–H groups in total. The Balaban J connectivity index is 1.58. The molecule has 0 fully saturated rings. The highest BCUT2D eigenvalue weighted by atomic mass is 19.2. The monoisotopic (exact) mass is 408 g/mol. The molecule has 0 aromatic heterocycles. The Kier molecular flexibility index (Phi) is 5.58. The molecule has 4 heteroatoms. The zero-order valence-corrected chi connectivity index (χ0v) is 16.5. The second kappa shape index (κ2) is 8.31. The summed E-state index contributed by atoms with van der Waals surface area (Å²) < 4.78 is 56.4. The highest BCUT2D eigenvalue weighted by Crippen LogP contribution is 2.35. The Morgan fingerprint density at radius 3 is 2.07 bits per heavy atom. The summed E-state index contributed by atoms with van der Waals surface area (Å²) in [5, 5.41) is 0. The molecule has 0 bridgehead atoms. The molecule has 0 unspecified atom stereocenters. The second-order valence-corrected chi connectivity index (χ2v) is 7.50. The first-order chi connectivity index (χ1) is 14.4. The van der Waals surface area contributed by atoms with E-state index in [-0.39, 0.29) is 12.0 Å². The summed E-state index contributed by atoms with van der Waals surface area (Å²) in [4.78, 5) is 0. The van der Waals surface area contributed by atoms with Crippen LogP contribution in [0.2, 0.25) is 0 Å². The van der Waals surface area contributed by atoms with Crippen LogP contribution in [0.3, 0.4) is 0 Å². The number of hydrogen-bond donors (Lipinski definition) is 0. The number of allylic oxidation sites excluding steroid dienone is 1. The Bertz CT molecular complexity index is 1130. The minimum Gasteiger partial charge on any atom is -0.206 e. The molecule has 30 heavy (non-hydrogen) atoms. The van der Waals surface area contributed by atoms with Crippen LogP contribution in [0.1, 0.15) is 46.7 Å². The molecule has 0 saturated heterocycles. The zero-order valence-electron chi connectivity index (χ0n) is 16.5. The van der Waals surface area contributed by atoms with Crippen molar-refractivity contribution in [1.82, 2.24) is 0 Å². The van der Waals surface area contributed by atoms with Crippen molar-refractivity contribution >= 4 is 23.8 Å². The van der Waals surface area contributed by atoms with Gasteiger partial charge in [0.15, 0.2) is 11.6 Å². The minimum atomic E-state index is -0.976. The Labute approximate surface area is 173 Å². The molecule has 0 amide bonds. The highest BCUT2D eigenvalue weighted by molar-refractivity contribution is 5.89. The molecule has 4 rings (SSSR count). The van der Waals surface area contributed by atoms with E-state index in [0.29, 0.717) is 22.3 Å². The molecule has 1 aliphatic rings. The molecule has 0 atom stereocenters. The highest BCUT2D eigenvalue weighted by Gasteiger charge is 2.22. The van der Waals surface area contributed by atoms with Crippen molar-refractivity contribution in [3.63, 3.8) is 0 Å². The van der Waals surface area contributed by atoms with E-state index < -0.39 is 23.3 Å². The van der Waals surface area contributed by atoms with Crippen LogP contribution >= 0.6 is 0 Å². The summed E-state index contributed by atoms with van der Waals surface area (Å²) >= 11 is 0. The molecule has 0 aliphatic heterocycles. The lowest BCUT2D eigenvalue weighted by molar-refractivity contribution is 0.507. The van der Waals surface area contributed by atoms with Gasteiger partial charge in [0.2, 0.25) is 0 Å². The second-order valence-electron chi connectivity index (χ2n) is 7.50. The molecule has 152 valence electrons. The van der Waals surface area contributed by atoms with Gasteiger partial charge in [-0.1, -0.05) is 55.8 Å². The molecular weight excluding hydrogens is 388 g/mol. The van der Waals surface area contributed by atoms with Gasteiger partial charge >= 0.3 is 0 Å². The van der Waals surface area contributed by atoms with E-state index in [4.69, 9.17) is 0 Å². The molecule has 0 heterocycles. The number of rotatable bonds is 5. The lowest BCUT2D eigenvalue weighted by Crippen LogP contribution is -1.97. The van der Waals surface area contributed by atoms with Crippen molar-refractivity contribution in [1.29, 1.82) is 0 Å². The van der Waals surface area contributed by atoms with E-state index in [1.54, 1.807) is 12.2 Å². The third kappa shape index (κ3) is 4.09.